The van der Waals surface area contributed by atoms with Crippen LogP contribution >= 0.6 is 0 Å². The minimum Gasteiger partial charge on any atom is -0.446 e. The second-order valence-electron chi connectivity index (χ2n) is 8.11. The fourth-order valence-corrected chi connectivity index (χ4v) is 4.14. The molecule has 0 saturated heterocycles. The predicted molar refractivity (Wildman–Crippen MR) is 111 cm³/mol. The monoisotopic (exact) mass is 397 g/mol. The van der Waals surface area contributed by atoms with Crippen molar-refractivity contribution in [1.82, 2.24) is 15.5 Å². The molecule has 1 aliphatic carbocycles. The lowest BCUT2D eigenvalue weighted by molar-refractivity contribution is -0.117. The number of H-pyrrole nitrogens is 1. The van der Waals surface area contributed by atoms with Gasteiger partial charge < -0.3 is 20.3 Å². The molecule has 4 rings (SSSR count). The standard InChI is InChI=1S/C21H27N5O3/c1-12(2)22-21(28)29-15-8-7-13(9-15)17-11-18(25-24-17)23-16-6-4-5-14-10-19(27)26(3)20(14)16/h4-6,11-13,15H,7-10H2,1-3H3,(H,22,28)(H2,23,24,25)/t13-,15+/m0/s1. The molecular weight excluding hydrogens is 370 g/mol. The van der Waals surface area contributed by atoms with Crippen LogP contribution in [0.5, 0.6) is 0 Å². The third kappa shape index (κ3) is 4.06. The van der Waals surface area contributed by atoms with Crippen molar-refractivity contribution in [1.29, 1.82) is 0 Å². The lowest BCUT2D eigenvalue weighted by Gasteiger charge is -2.15. The number of hydrogen-bond donors (Lipinski definition) is 3. The number of nitrogens with zero attached hydrogens (tertiary/aromatic N) is 2. The summed E-state index contributed by atoms with van der Waals surface area (Å²) in [5.74, 6) is 1.08. The van der Waals surface area contributed by atoms with Gasteiger partial charge >= 0.3 is 6.09 Å². The van der Waals surface area contributed by atoms with E-state index in [0.29, 0.717) is 12.2 Å². The van der Waals surface area contributed by atoms with Crippen molar-refractivity contribution in [2.24, 2.45) is 0 Å². The van der Waals surface area contributed by atoms with E-state index in [1.165, 1.54) is 0 Å². The Bertz CT molecular complexity index is 923. The molecule has 0 unspecified atom stereocenters. The Hall–Kier alpha value is -3.03. The summed E-state index contributed by atoms with van der Waals surface area (Å²) in [5, 5.41) is 13.6. The van der Waals surface area contributed by atoms with Gasteiger partial charge in [-0.3, -0.25) is 9.89 Å². The minimum atomic E-state index is -0.353. The lowest BCUT2D eigenvalue weighted by atomic mass is 10.0. The number of likely N-dealkylation sites (N-methyl/N-ethyl adjacent to an activating group) is 1. The summed E-state index contributed by atoms with van der Waals surface area (Å²) in [6, 6.07) is 7.94. The van der Waals surface area contributed by atoms with Crippen LogP contribution in [0, 0.1) is 0 Å². The Morgan fingerprint density at radius 2 is 2.17 bits per heavy atom. The number of carbonyl (C=O) groups is 2. The lowest BCUT2D eigenvalue weighted by Crippen LogP contribution is -2.33. The molecule has 2 aliphatic rings. The van der Waals surface area contributed by atoms with E-state index >= 15 is 0 Å². The molecule has 1 aromatic heterocycles. The zero-order chi connectivity index (χ0) is 20.5. The van der Waals surface area contributed by atoms with E-state index in [-0.39, 0.29) is 30.1 Å². The van der Waals surface area contributed by atoms with Gasteiger partial charge in [0.15, 0.2) is 5.82 Å². The van der Waals surface area contributed by atoms with Crippen LogP contribution in [0.2, 0.25) is 0 Å². The van der Waals surface area contributed by atoms with Gasteiger partial charge in [-0.15, -0.1) is 0 Å². The Kier molecular flexibility index (Phi) is 5.17. The number of aromatic amines is 1. The molecule has 2 heterocycles. The molecule has 8 nitrogen and oxygen atoms in total. The summed E-state index contributed by atoms with van der Waals surface area (Å²) < 4.78 is 5.51. The van der Waals surface area contributed by atoms with Crippen LogP contribution < -0.4 is 15.5 Å². The maximum absolute atomic E-state index is 12.0. The maximum atomic E-state index is 12.0. The van der Waals surface area contributed by atoms with Crippen molar-refractivity contribution in [2.45, 2.75) is 57.6 Å². The van der Waals surface area contributed by atoms with Gasteiger partial charge in [-0.1, -0.05) is 12.1 Å². The first-order valence-corrected chi connectivity index (χ1v) is 10.1. The van der Waals surface area contributed by atoms with Gasteiger partial charge in [-0.05, 0) is 44.7 Å². The number of anilines is 3. The van der Waals surface area contributed by atoms with Gasteiger partial charge in [0.05, 0.1) is 17.8 Å². The molecule has 1 fully saturated rings. The largest absolute Gasteiger partial charge is 0.446 e. The fraction of sp³-hybridized carbons (Fsp3) is 0.476. The molecule has 1 saturated carbocycles. The average molecular weight is 397 g/mol. The number of para-hydroxylation sites is 1. The van der Waals surface area contributed by atoms with E-state index in [9.17, 15) is 9.59 Å². The highest BCUT2D eigenvalue weighted by Crippen LogP contribution is 2.38. The van der Waals surface area contributed by atoms with Crippen molar-refractivity contribution >= 4 is 29.2 Å². The highest BCUT2D eigenvalue weighted by molar-refractivity contribution is 6.04. The Balaban J connectivity index is 1.40. The number of rotatable bonds is 5. The molecular formula is C21H27N5O3. The first-order chi connectivity index (χ1) is 13.9. The van der Waals surface area contributed by atoms with Gasteiger partial charge in [-0.25, -0.2) is 4.79 Å². The smallest absolute Gasteiger partial charge is 0.407 e. The third-order valence-electron chi connectivity index (χ3n) is 5.54. The van der Waals surface area contributed by atoms with Crippen LogP contribution in [0.3, 0.4) is 0 Å². The summed E-state index contributed by atoms with van der Waals surface area (Å²) in [6.07, 6.45) is 2.58. The molecule has 0 bridgehead atoms. The molecule has 2 amide bonds. The minimum absolute atomic E-state index is 0.0645. The Morgan fingerprint density at radius 3 is 2.97 bits per heavy atom. The molecule has 3 N–H and O–H groups in total. The Labute approximate surface area is 170 Å². The van der Waals surface area contributed by atoms with Crippen molar-refractivity contribution in [3.05, 3.63) is 35.5 Å². The number of nitrogens with one attached hydrogen (secondary N) is 3. The molecule has 154 valence electrons. The highest BCUT2D eigenvalue weighted by atomic mass is 16.6. The third-order valence-corrected chi connectivity index (χ3v) is 5.54. The molecule has 2 atom stereocenters. The van der Waals surface area contributed by atoms with Gasteiger partial charge in [-0.2, -0.15) is 5.10 Å². The van der Waals surface area contributed by atoms with Crippen LogP contribution in [0.15, 0.2) is 24.3 Å². The number of alkyl carbamates (subject to hydrolysis) is 1. The van der Waals surface area contributed by atoms with E-state index in [4.69, 9.17) is 4.74 Å². The molecule has 0 spiro atoms. The number of hydrogen-bond acceptors (Lipinski definition) is 5. The SMILES string of the molecule is CC(C)NC(=O)O[C@@H]1CC[C@H](c2cc(Nc3cccc4c3N(C)C(=O)C4)n[nH]2)C1. The number of benzene rings is 1. The number of aromatic nitrogens is 2. The van der Waals surface area contributed by atoms with Gasteiger partial charge in [0.1, 0.15) is 6.10 Å². The Morgan fingerprint density at radius 1 is 1.34 bits per heavy atom. The summed E-state index contributed by atoms with van der Waals surface area (Å²) in [6.45, 7) is 3.82. The second kappa shape index (κ2) is 7.77. The van der Waals surface area contributed by atoms with E-state index in [1.807, 2.05) is 38.1 Å². The number of fused-ring (bicyclic) bond motifs is 1. The van der Waals surface area contributed by atoms with Crippen LogP contribution in [0.4, 0.5) is 22.0 Å². The predicted octanol–water partition coefficient (Wildman–Crippen LogP) is 3.44. The topological polar surface area (TPSA) is 99.3 Å². The molecule has 29 heavy (non-hydrogen) atoms. The van der Waals surface area contributed by atoms with Crippen molar-refractivity contribution in [3.63, 3.8) is 0 Å². The summed E-state index contributed by atoms with van der Waals surface area (Å²) in [4.78, 5) is 25.5. The van der Waals surface area contributed by atoms with E-state index in [1.54, 1.807) is 11.9 Å². The first-order valence-electron chi connectivity index (χ1n) is 10.1. The summed E-state index contributed by atoms with van der Waals surface area (Å²) >= 11 is 0. The number of ether oxygens (including phenoxy) is 1. The number of amides is 2. The fourth-order valence-electron chi connectivity index (χ4n) is 4.14. The van der Waals surface area contributed by atoms with Crippen molar-refractivity contribution < 1.29 is 14.3 Å². The molecule has 8 heteroatoms. The summed E-state index contributed by atoms with van der Waals surface area (Å²) in [5.41, 5.74) is 3.83. The van der Waals surface area contributed by atoms with E-state index < -0.39 is 0 Å². The van der Waals surface area contributed by atoms with E-state index in [0.717, 1.165) is 41.9 Å². The van der Waals surface area contributed by atoms with Crippen molar-refractivity contribution in [3.8, 4) is 0 Å². The van der Waals surface area contributed by atoms with Gasteiger partial charge in [0.2, 0.25) is 5.91 Å². The number of carbonyl (C=O) groups excluding carboxylic acids is 2. The van der Waals surface area contributed by atoms with Crippen LogP contribution in [-0.4, -0.2) is 41.4 Å². The van der Waals surface area contributed by atoms with Gasteiger partial charge in [0, 0.05) is 30.8 Å². The zero-order valence-electron chi connectivity index (χ0n) is 17.0. The highest BCUT2D eigenvalue weighted by Gasteiger charge is 2.30. The van der Waals surface area contributed by atoms with Crippen molar-refractivity contribution in [2.75, 3.05) is 17.3 Å². The van der Waals surface area contributed by atoms with E-state index in [2.05, 4.69) is 20.8 Å². The van der Waals surface area contributed by atoms with Crippen LogP contribution in [0.1, 0.15) is 50.3 Å². The molecule has 1 aliphatic heterocycles. The molecule has 0 radical (unpaired) electrons. The van der Waals surface area contributed by atoms with Crippen LogP contribution in [-0.2, 0) is 16.0 Å². The zero-order valence-corrected chi connectivity index (χ0v) is 17.0. The second-order valence-corrected chi connectivity index (χ2v) is 8.11. The summed E-state index contributed by atoms with van der Waals surface area (Å²) in [7, 11) is 1.80. The molecule has 1 aromatic carbocycles. The molecule has 2 aromatic rings. The van der Waals surface area contributed by atoms with Gasteiger partial charge in [0.25, 0.3) is 0 Å². The maximum Gasteiger partial charge on any atom is 0.407 e. The average Bonchev–Trinajstić information content (AvgIpc) is 3.35. The quantitative estimate of drug-likeness (QED) is 0.718. The van der Waals surface area contributed by atoms with Crippen LogP contribution in [0.25, 0.3) is 0 Å². The first kappa shape index (κ1) is 19.3. The normalized spacial score (nSPS) is 20.8.